The lowest BCUT2D eigenvalue weighted by molar-refractivity contribution is -0.134. The van der Waals surface area contributed by atoms with E-state index in [1.165, 1.54) is 17.0 Å². The van der Waals surface area contributed by atoms with Crippen LogP contribution < -0.4 is 4.74 Å². The van der Waals surface area contributed by atoms with Crippen LogP contribution in [0.5, 0.6) is 5.75 Å². The predicted octanol–water partition coefficient (Wildman–Crippen LogP) is 2.41. The van der Waals surface area contributed by atoms with E-state index in [-0.39, 0.29) is 24.9 Å². The highest BCUT2D eigenvalue weighted by Crippen LogP contribution is 2.32. The highest BCUT2D eigenvalue weighted by atomic mass is 19.1. The quantitative estimate of drug-likeness (QED) is 0.928. The van der Waals surface area contributed by atoms with Gasteiger partial charge in [0, 0.05) is 6.54 Å². The Hall–Kier alpha value is -2.91. The Bertz CT molecular complexity index is 818. The summed E-state index contributed by atoms with van der Waals surface area (Å²) in [6, 6.07) is 14.3. The van der Waals surface area contributed by atoms with Crippen molar-refractivity contribution in [3.8, 4) is 11.8 Å². The molecule has 0 bridgehead atoms. The van der Waals surface area contributed by atoms with E-state index in [4.69, 9.17) is 10.00 Å². The molecule has 128 valence electrons. The normalized spacial score (nSPS) is 19.5. The van der Waals surface area contributed by atoms with Gasteiger partial charge in [0.2, 0.25) is 0 Å². The van der Waals surface area contributed by atoms with Crippen LogP contribution in [-0.4, -0.2) is 35.2 Å². The fourth-order valence-corrected chi connectivity index (χ4v) is 3.03. The largest absolute Gasteiger partial charge is 0.482 e. The van der Waals surface area contributed by atoms with Crippen molar-refractivity contribution in [1.29, 1.82) is 5.26 Å². The van der Waals surface area contributed by atoms with Crippen molar-refractivity contribution in [2.45, 2.75) is 18.6 Å². The molecule has 1 aliphatic rings. The van der Waals surface area contributed by atoms with Gasteiger partial charge in [0.25, 0.3) is 5.91 Å². The van der Waals surface area contributed by atoms with E-state index >= 15 is 0 Å². The smallest absolute Gasteiger partial charge is 0.261 e. The minimum absolute atomic E-state index is 0.170. The third-order valence-electron chi connectivity index (χ3n) is 4.19. The average Bonchev–Trinajstić information content (AvgIpc) is 3.02. The van der Waals surface area contributed by atoms with Crippen molar-refractivity contribution in [1.82, 2.24) is 4.90 Å². The first-order valence-electron chi connectivity index (χ1n) is 7.93. The zero-order valence-corrected chi connectivity index (χ0v) is 13.4. The molecule has 6 heteroatoms. The lowest BCUT2D eigenvalue weighted by Crippen LogP contribution is -2.35. The molecule has 0 aliphatic carbocycles. The number of amides is 1. The summed E-state index contributed by atoms with van der Waals surface area (Å²) < 4.78 is 19.0. The van der Waals surface area contributed by atoms with E-state index in [0.29, 0.717) is 23.3 Å². The van der Waals surface area contributed by atoms with Crippen molar-refractivity contribution >= 4 is 5.91 Å². The molecular formula is C19H17FN2O3. The Labute approximate surface area is 144 Å². The van der Waals surface area contributed by atoms with Gasteiger partial charge in [-0.2, -0.15) is 5.26 Å². The second kappa shape index (κ2) is 7.32. The van der Waals surface area contributed by atoms with Crippen LogP contribution in [0.25, 0.3) is 0 Å². The van der Waals surface area contributed by atoms with E-state index in [1.807, 2.05) is 6.07 Å². The molecule has 3 rings (SSSR count). The minimum Gasteiger partial charge on any atom is -0.482 e. The zero-order valence-electron chi connectivity index (χ0n) is 13.4. The van der Waals surface area contributed by atoms with Crippen molar-refractivity contribution in [3.63, 3.8) is 0 Å². The molecule has 1 N–H and O–H groups in total. The van der Waals surface area contributed by atoms with Crippen molar-refractivity contribution in [2.24, 2.45) is 0 Å². The van der Waals surface area contributed by atoms with Crippen molar-refractivity contribution in [2.75, 3.05) is 13.2 Å². The van der Waals surface area contributed by atoms with Gasteiger partial charge in [-0.25, -0.2) is 4.39 Å². The maximum atomic E-state index is 13.5. The van der Waals surface area contributed by atoms with Gasteiger partial charge in [0.15, 0.2) is 6.61 Å². The first kappa shape index (κ1) is 16.9. The first-order chi connectivity index (χ1) is 12.1. The Kier molecular flexibility index (Phi) is 4.96. The number of carbonyl (C=O) groups is 1. The van der Waals surface area contributed by atoms with Crippen LogP contribution in [0.4, 0.5) is 4.39 Å². The van der Waals surface area contributed by atoms with Gasteiger partial charge in [-0.15, -0.1) is 0 Å². The Morgan fingerprint density at radius 3 is 2.88 bits per heavy atom. The Morgan fingerprint density at radius 2 is 2.12 bits per heavy atom. The summed E-state index contributed by atoms with van der Waals surface area (Å²) in [5, 5.41) is 19.0. The highest BCUT2D eigenvalue weighted by molar-refractivity contribution is 5.78. The van der Waals surface area contributed by atoms with Crippen LogP contribution in [-0.2, 0) is 4.79 Å². The molecule has 2 atom stereocenters. The molecule has 5 nitrogen and oxygen atoms in total. The number of carbonyl (C=O) groups excluding carboxylic acids is 1. The second-order valence-corrected chi connectivity index (χ2v) is 5.90. The summed E-state index contributed by atoms with van der Waals surface area (Å²) in [5.41, 5.74) is 0.987. The van der Waals surface area contributed by atoms with Crippen LogP contribution in [0.2, 0.25) is 0 Å². The molecule has 0 saturated carbocycles. The molecule has 25 heavy (non-hydrogen) atoms. The van der Waals surface area contributed by atoms with E-state index in [9.17, 15) is 14.3 Å². The minimum atomic E-state index is -0.663. The molecule has 0 aromatic heterocycles. The Balaban J connectivity index is 1.73. The van der Waals surface area contributed by atoms with E-state index in [2.05, 4.69) is 0 Å². The summed E-state index contributed by atoms with van der Waals surface area (Å²) in [6.45, 7) is -0.0828. The third-order valence-corrected chi connectivity index (χ3v) is 4.19. The molecule has 1 heterocycles. The Morgan fingerprint density at radius 1 is 1.32 bits per heavy atom. The summed E-state index contributed by atoms with van der Waals surface area (Å²) >= 11 is 0. The van der Waals surface area contributed by atoms with Crippen LogP contribution >= 0.6 is 0 Å². The zero-order chi connectivity index (χ0) is 17.8. The van der Waals surface area contributed by atoms with E-state index in [1.54, 1.807) is 36.4 Å². The summed E-state index contributed by atoms with van der Waals surface area (Å²) in [4.78, 5) is 14.0. The molecule has 0 unspecified atom stereocenters. The van der Waals surface area contributed by atoms with Gasteiger partial charge in [0.05, 0.1) is 17.7 Å². The van der Waals surface area contributed by atoms with E-state index in [0.717, 1.165) is 0 Å². The predicted molar refractivity (Wildman–Crippen MR) is 88.1 cm³/mol. The lowest BCUT2D eigenvalue weighted by Gasteiger charge is -2.25. The highest BCUT2D eigenvalue weighted by Gasteiger charge is 2.35. The lowest BCUT2D eigenvalue weighted by atomic mass is 10.0. The second-order valence-electron chi connectivity index (χ2n) is 5.90. The fraction of sp³-hybridized carbons (Fsp3) is 0.263. The maximum Gasteiger partial charge on any atom is 0.261 e. The van der Waals surface area contributed by atoms with Crippen LogP contribution in [0, 0.1) is 17.1 Å². The fourth-order valence-electron chi connectivity index (χ4n) is 3.03. The number of hydrogen-bond acceptors (Lipinski definition) is 4. The van der Waals surface area contributed by atoms with Gasteiger partial charge < -0.3 is 14.7 Å². The number of para-hydroxylation sites is 1. The standard InChI is InChI=1S/C19H17FN2O3/c20-15-6-3-5-13(8-15)17-9-16(23)11-22(17)19(24)12-25-18-7-2-1-4-14(18)10-21/h1-8,16-17,23H,9,11-12H2/t16-,17+/m0/s1. The van der Waals surface area contributed by atoms with Crippen molar-refractivity contribution < 1.29 is 19.0 Å². The monoisotopic (exact) mass is 340 g/mol. The van der Waals surface area contributed by atoms with Gasteiger partial charge in [0.1, 0.15) is 17.6 Å². The number of hydrogen-bond donors (Lipinski definition) is 1. The number of benzene rings is 2. The van der Waals surface area contributed by atoms with Crippen molar-refractivity contribution in [3.05, 3.63) is 65.5 Å². The molecule has 1 aliphatic heterocycles. The number of ether oxygens (including phenoxy) is 1. The summed E-state index contributed by atoms with van der Waals surface area (Å²) in [5.74, 6) is -0.371. The van der Waals surface area contributed by atoms with Gasteiger partial charge in [-0.05, 0) is 36.2 Å². The van der Waals surface area contributed by atoms with Crippen LogP contribution in [0.1, 0.15) is 23.6 Å². The third kappa shape index (κ3) is 3.78. The van der Waals surface area contributed by atoms with E-state index < -0.39 is 12.1 Å². The number of nitriles is 1. The molecule has 1 saturated heterocycles. The van der Waals surface area contributed by atoms with Crippen LogP contribution in [0.3, 0.4) is 0 Å². The molecule has 2 aromatic rings. The van der Waals surface area contributed by atoms with Gasteiger partial charge >= 0.3 is 0 Å². The number of rotatable bonds is 4. The summed E-state index contributed by atoms with van der Waals surface area (Å²) in [7, 11) is 0. The number of β-amino-alcohol motifs (C(OH)–C–C–N with tert-alkyl or cyclic N) is 1. The van der Waals surface area contributed by atoms with Gasteiger partial charge in [-0.1, -0.05) is 24.3 Å². The number of likely N-dealkylation sites (tertiary alicyclic amines) is 1. The molecule has 0 radical (unpaired) electrons. The number of aliphatic hydroxyl groups is 1. The molecule has 1 fully saturated rings. The van der Waals surface area contributed by atoms with Gasteiger partial charge in [-0.3, -0.25) is 4.79 Å². The summed E-state index contributed by atoms with van der Waals surface area (Å²) in [6.07, 6.45) is -0.312. The maximum absolute atomic E-state index is 13.5. The van der Waals surface area contributed by atoms with Crippen LogP contribution in [0.15, 0.2) is 48.5 Å². The molecule has 2 aromatic carbocycles. The SMILES string of the molecule is N#Cc1ccccc1OCC(=O)N1C[C@@H](O)C[C@@H]1c1cccc(F)c1. The molecule has 0 spiro atoms. The number of aliphatic hydroxyl groups excluding tert-OH is 1. The number of nitrogens with zero attached hydrogens (tertiary/aromatic N) is 2. The number of halogens is 1. The molecule has 1 amide bonds. The first-order valence-corrected chi connectivity index (χ1v) is 7.93. The average molecular weight is 340 g/mol. The molecular weight excluding hydrogens is 323 g/mol. The topological polar surface area (TPSA) is 73.6 Å².